The summed E-state index contributed by atoms with van der Waals surface area (Å²) in [6.07, 6.45) is 2.88. The zero-order valence-corrected chi connectivity index (χ0v) is 10.8. The number of benzene rings is 1. The van der Waals surface area contributed by atoms with Crippen LogP contribution in [0.5, 0.6) is 5.75 Å². The molecule has 4 nitrogen and oxygen atoms in total. The minimum atomic E-state index is -0.695. The van der Waals surface area contributed by atoms with E-state index in [0.29, 0.717) is 6.61 Å². The maximum atomic E-state index is 13.3. The zero-order valence-electron chi connectivity index (χ0n) is 9.20. The van der Waals surface area contributed by atoms with Crippen molar-refractivity contribution < 1.29 is 14.1 Å². The van der Waals surface area contributed by atoms with E-state index in [1.54, 1.807) is 0 Å². The van der Waals surface area contributed by atoms with E-state index in [2.05, 4.69) is 15.9 Å². The van der Waals surface area contributed by atoms with Crippen LogP contribution in [-0.4, -0.2) is 16.9 Å². The molecule has 17 heavy (non-hydrogen) atoms. The van der Waals surface area contributed by atoms with Crippen molar-refractivity contribution >= 4 is 21.6 Å². The third-order valence-corrected chi connectivity index (χ3v) is 2.72. The fourth-order valence-corrected chi connectivity index (χ4v) is 1.67. The van der Waals surface area contributed by atoms with E-state index < -0.39 is 10.7 Å². The number of alkyl halides is 1. The summed E-state index contributed by atoms with van der Waals surface area (Å²) in [6, 6.07) is 3.39. The van der Waals surface area contributed by atoms with E-state index in [4.69, 9.17) is 4.74 Å². The van der Waals surface area contributed by atoms with Crippen LogP contribution in [0.2, 0.25) is 0 Å². The van der Waals surface area contributed by atoms with E-state index in [-0.39, 0.29) is 11.4 Å². The number of halogens is 2. The molecular weight excluding hydrogens is 293 g/mol. The van der Waals surface area contributed by atoms with Gasteiger partial charge in [-0.2, -0.15) is 0 Å². The molecule has 0 unspecified atom stereocenters. The van der Waals surface area contributed by atoms with Crippen LogP contribution in [0.4, 0.5) is 10.1 Å². The molecule has 94 valence electrons. The highest BCUT2D eigenvalue weighted by Gasteiger charge is 2.11. The number of unbranched alkanes of at least 4 members (excludes halogenated alkanes) is 2. The number of nitro benzene ring substituents is 1. The van der Waals surface area contributed by atoms with Gasteiger partial charge in [0.1, 0.15) is 0 Å². The van der Waals surface area contributed by atoms with E-state index in [1.165, 1.54) is 12.1 Å². The average Bonchev–Trinajstić information content (AvgIpc) is 2.30. The molecule has 0 fully saturated rings. The number of hydrogen-bond donors (Lipinski definition) is 0. The van der Waals surface area contributed by atoms with Gasteiger partial charge in [-0.05, 0) is 25.3 Å². The van der Waals surface area contributed by atoms with E-state index in [9.17, 15) is 14.5 Å². The lowest BCUT2D eigenvalue weighted by Crippen LogP contribution is -2.00. The Hall–Kier alpha value is -1.17. The van der Waals surface area contributed by atoms with Crippen molar-refractivity contribution in [1.82, 2.24) is 0 Å². The van der Waals surface area contributed by atoms with Gasteiger partial charge in [-0.25, -0.2) is 4.39 Å². The van der Waals surface area contributed by atoms with Crippen LogP contribution in [0.3, 0.4) is 0 Å². The van der Waals surface area contributed by atoms with Crippen molar-refractivity contribution in [1.29, 1.82) is 0 Å². The number of nitrogens with zero attached hydrogens (tertiary/aromatic N) is 1. The zero-order chi connectivity index (χ0) is 12.7. The predicted molar refractivity (Wildman–Crippen MR) is 66.2 cm³/mol. The quantitative estimate of drug-likeness (QED) is 0.334. The standard InChI is InChI=1S/C11H13BrFNO3/c12-6-2-1-3-7-17-11-5-4-9(14(15)16)8-10(11)13/h4-5,8H,1-3,6-7H2. The SMILES string of the molecule is O=[N+]([O-])c1ccc(OCCCCCBr)c(F)c1. The molecule has 0 aliphatic heterocycles. The first kappa shape index (κ1) is 13.9. The Bertz CT molecular complexity index is 387. The molecule has 0 aliphatic rings. The molecule has 0 saturated carbocycles. The van der Waals surface area contributed by atoms with Gasteiger partial charge < -0.3 is 4.74 Å². The monoisotopic (exact) mass is 305 g/mol. The Balaban J connectivity index is 2.46. The lowest BCUT2D eigenvalue weighted by molar-refractivity contribution is -0.385. The van der Waals surface area contributed by atoms with Crippen molar-refractivity contribution in [3.05, 3.63) is 34.1 Å². The molecule has 0 N–H and O–H groups in total. The topological polar surface area (TPSA) is 52.4 Å². The summed E-state index contributed by atoms with van der Waals surface area (Å²) in [4.78, 5) is 9.75. The summed E-state index contributed by atoms with van der Waals surface area (Å²) in [5, 5.41) is 11.3. The first-order chi connectivity index (χ1) is 8.15. The lowest BCUT2D eigenvalue weighted by atomic mass is 10.2. The summed E-state index contributed by atoms with van der Waals surface area (Å²) < 4.78 is 18.6. The van der Waals surface area contributed by atoms with E-state index >= 15 is 0 Å². The van der Waals surface area contributed by atoms with Crippen LogP contribution in [-0.2, 0) is 0 Å². The van der Waals surface area contributed by atoms with Gasteiger partial charge >= 0.3 is 0 Å². The van der Waals surface area contributed by atoms with Gasteiger partial charge in [0.25, 0.3) is 5.69 Å². The molecule has 0 aromatic heterocycles. The highest BCUT2D eigenvalue weighted by Crippen LogP contribution is 2.22. The average molecular weight is 306 g/mol. The number of hydrogen-bond acceptors (Lipinski definition) is 3. The molecule has 0 atom stereocenters. The van der Waals surface area contributed by atoms with Gasteiger partial charge in [0, 0.05) is 11.4 Å². The van der Waals surface area contributed by atoms with Crippen LogP contribution in [0, 0.1) is 15.9 Å². The normalized spacial score (nSPS) is 10.2. The second kappa shape index (κ2) is 7.21. The largest absolute Gasteiger partial charge is 0.491 e. The third-order valence-electron chi connectivity index (χ3n) is 2.16. The number of rotatable bonds is 7. The van der Waals surface area contributed by atoms with Crippen LogP contribution in [0.25, 0.3) is 0 Å². The second-order valence-electron chi connectivity index (χ2n) is 3.47. The van der Waals surface area contributed by atoms with Gasteiger partial charge in [0.05, 0.1) is 17.6 Å². The Morgan fingerprint density at radius 1 is 1.35 bits per heavy atom. The summed E-state index contributed by atoms with van der Waals surface area (Å²) in [5.41, 5.74) is -0.269. The highest BCUT2D eigenvalue weighted by molar-refractivity contribution is 9.09. The smallest absolute Gasteiger partial charge is 0.272 e. The molecule has 0 radical (unpaired) electrons. The molecule has 0 amide bonds. The summed E-state index contributed by atoms with van der Waals surface area (Å²) in [7, 11) is 0. The van der Waals surface area contributed by atoms with Gasteiger partial charge in [-0.15, -0.1) is 0 Å². The number of nitro groups is 1. The first-order valence-corrected chi connectivity index (χ1v) is 6.40. The second-order valence-corrected chi connectivity index (χ2v) is 4.26. The molecule has 0 bridgehead atoms. The third kappa shape index (κ3) is 4.68. The van der Waals surface area contributed by atoms with Gasteiger partial charge in [-0.3, -0.25) is 10.1 Å². The Morgan fingerprint density at radius 3 is 2.71 bits per heavy atom. The maximum Gasteiger partial charge on any atom is 0.272 e. The van der Waals surface area contributed by atoms with Gasteiger partial charge in [0.15, 0.2) is 11.6 Å². The minimum absolute atomic E-state index is 0.0643. The van der Waals surface area contributed by atoms with Crippen molar-refractivity contribution in [3.8, 4) is 5.75 Å². The lowest BCUT2D eigenvalue weighted by Gasteiger charge is -2.06. The minimum Gasteiger partial charge on any atom is -0.491 e. The molecule has 1 aromatic carbocycles. The molecule has 1 aromatic rings. The van der Waals surface area contributed by atoms with E-state index in [0.717, 1.165) is 30.7 Å². The molecule has 0 aliphatic carbocycles. The molecule has 0 heterocycles. The van der Waals surface area contributed by atoms with Gasteiger partial charge in [0.2, 0.25) is 0 Å². The molecule has 0 spiro atoms. The fraction of sp³-hybridized carbons (Fsp3) is 0.455. The van der Waals surface area contributed by atoms with Gasteiger partial charge in [-0.1, -0.05) is 15.9 Å². The molecule has 0 saturated heterocycles. The van der Waals surface area contributed by atoms with Crippen molar-refractivity contribution in [3.63, 3.8) is 0 Å². The number of ether oxygens (including phenoxy) is 1. The van der Waals surface area contributed by atoms with Crippen LogP contribution >= 0.6 is 15.9 Å². The molecule has 6 heteroatoms. The first-order valence-electron chi connectivity index (χ1n) is 5.28. The Morgan fingerprint density at radius 2 is 2.12 bits per heavy atom. The number of non-ortho nitro benzene ring substituents is 1. The summed E-state index contributed by atoms with van der Waals surface area (Å²) in [5.74, 6) is -0.630. The van der Waals surface area contributed by atoms with E-state index in [1.807, 2.05) is 0 Å². The van der Waals surface area contributed by atoms with Crippen molar-refractivity contribution in [2.24, 2.45) is 0 Å². The maximum absolute atomic E-state index is 13.3. The van der Waals surface area contributed by atoms with Crippen LogP contribution < -0.4 is 4.74 Å². The summed E-state index contributed by atoms with van der Waals surface area (Å²) >= 11 is 3.31. The summed E-state index contributed by atoms with van der Waals surface area (Å²) in [6.45, 7) is 0.418. The molecular formula is C11H13BrFNO3. The fourth-order valence-electron chi connectivity index (χ4n) is 1.28. The van der Waals surface area contributed by atoms with Crippen LogP contribution in [0.1, 0.15) is 19.3 Å². The van der Waals surface area contributed by atoms with Crippen molar-refractivity contribution in [2.45, 2.75) is 19.3 Å². The Kier molecular flexibility index (Phi) is 5.90. The predicted octanol–water partition coefficient (Wildman–Crippen LogP) is 3.68. The highest BCUT2D eigenvalue weighted by atomic mass is 79.9. The molecule has 1 rings (SSSR count). The van der Waals surface area contributed by atoms with Crippen LogP contribution in [0.15, 0.2) is 18.2 Å². The Labute approximate surface area is 107 Å². The van der Waals surface area contributed by atoms with Crippen molar-refractivity contribution in [2.75, 3.05) is 11.9 Å².